The number of carbonyl (C=O) groups is 1. The quantitative estimate of drug-likeness (QED) is 0.671. The fourth-order valence-corrected chi connectivity index (χ4v) is 3.92. The maximum absolute atomic E-state index is 13.2. The normalized spacial score (nSPS) is 16.3. The Hall–Kier alpha value is -3.50. The SMILES string of the molecule is Cc1nn(Cc2ccccc2)c(C)c1[C@@H]1COCCN1C(=O)c1ccc(C#N)cn1. The van der Waals surface area contributed by atoms with Crippen LogP contribution in [0, 0.1) is 25.2 Å². The highest BCUT2D eigenvalue weighted by Gasteiger charge is 2.33. The number of carbonyl (C=O) groups excluding carboxylic acids is 1. The third kappa shape index (κ3) is 3.82. The molecule has 2 aromatic heterocycles. The van der Waals surface area contributed by atoms with Gasteiger partial charge in [0.05, 0.1) is 37.1 Å². The van der Waals surface area contributed by atoms with Gasteiger partial charge in [-0.2, -0.15) is 10.4 Å². The zero-order chi connectivity index (χ0) is 21.1. The first kappa shape index (κ1) is 19.8. The van der Waals surface area contributed by atoms with E-state index in [9.17, 15) is 4.79 Å². The van der Waals surface area contributed by atoms with Crippen molar-refractivity contribution in [2.45, 2.75) is 26.4 Å². The lowest BCUT2D eigenvalue weighted by molar-refractivity contribution is -0.00336. The Balaban J connectivity index is 1.64. The second kappa shape index (κ2) is 8.47. The molecule has 4 rings (SSSR count). The summed E-state index contributed by atoms with van der Waals surface area (Å²) in [6.45, 7) is 6.06. The van der Waals surface area contributed by atoms with Gasteiger partial charge in [0.15, 0.2) is 0 Å². The van der Waals surface area contributed by atoms with Crippen molar-refractivity contribution in [3.05, 3.63) is 82.4 Å². The maximum Gasteiger partial charge on any atom is 0.273 e. The maximum atomic E-state index is 13.2. The monoisotopic (exact) mass is 401 g/mol. The van der Waals surface area contributed by atoms with Crippen LogP contribution >= 0.6 is 0 Å². The average Bonchev–Trinajstić information content (AvgIpc) is 3.06. The molecule has 1 aliphatic rings. The predicted octanol–water partition coefficient (Wildman–Crippen LogP) is 3.03. The van der Waals surface area contributed by atoms with Gasteiger partial charge >= 0.3 is 0 Å². The van der Waals surface area contributed by atoms with E-state index in [-0.39, 0.29) is 11.9 Å². The molecule has 1 aliphatic heterocycles. The number of nitriles is 1. The van der Waals surface area contributed by atoms with Crippen molar-refractivity contribution in [3.63, 3.8) is 0 Å². The Bertz CT molecular complexity index is 1080. The van der Waals surface area contributed by atoms with Crippen molar-refractivity contribution < 1.29 is 9.53 Å². The van der Waals surface area contributed by atoms with Crippen LogP contribution < -0.4 is 0 Å². The zero-order valence-electron chi connectivity index (χ0n) is 17.1. The summed E-state index contributed by atoms with van der Waals surface area (Å²) in [6, 6.07) is 15.2. The number of nitrogens with zero attached hydrogens (tertiary/aromatic N) is 5. The van der Waals surface area contributed by atoms with Crippen molar-refractivity contribution in [2.24, 2.45) is 0 Å². The van der Waals surface area contributed by atoms with E-state index in [0.717, 1.165) is 17.0 Å². The second-order valence-electron chi connectivity index (χ2n) is 7.36. The molecule has 7 nitrogen and oxygen atoms in total. The van der Waals surface area contributed by atoms with Gasteiger partial charge in [-0.25, -0.2) is 4.98 Å². The minimum absolute atomic E-state index is 0.164. The molecule has 1 amide bonds. The van der Waals surface area contributed by atoms with Gasteiger partial charge in [-0.05, 0) is 31.5 Å². The highest BCUT2D eigenvalue weighted by molar-refractivity contribution is 5.92. The van der Waals surface area contributed by atoms with E-state index in [2.05, 4.69) is 17.1 Å². The minimum atomic E-state index is -0.229. The minimum Gasteiger partial charge on any atom is -0.377 e. The van der Waals surface area contributed by atoms with Gasteiger partial charge in [-0.1, -0.05) is 30.3 Å². The summed E-state index contributed by atoms with van der Waals surface area (Å²) in [5, 5.41) is 13.7. The van der Waals surface area contributed by atoms with Gasteiger partial charge in [-0.15, -0.1) is 0 Å². The molecule has 1 atom stereocenters. The molecule has 0 radical (unpaired) electrons. The molecule has 0 aliphatic carbocycles. The number of pyridine rings is 1. The van der Waals surface area contributed by atoms with Crippen molar-refractivity contribution in [3.8, 4) is 6.07 Å². The molecule has 0 bridgehead atoms. The van der Waals surface area contributed by atoms with Gasteiger partial charge in [0.25, 0.3) is 5.91 Å². The highest BCUT2D eigenvalue weighted by Crippen LogP contribution is 2.30. The summed E-state index contributed by atoms with van der Waals surface area (Å²) in [6.07, 6.45) is 1.43. The van der Waals surface area contributed by atoms with E-state index in [0.29, 0.717) is 37.6 Å². The van der Waals surface area contributed by atoms with E-state index in [1.54, 1.807) is 12.1 Å². The van der Waals surface area contributed by atoms with Crippen LogP contribution in [0.1, 0.15) is 44.6 Å². The molecule has 3 aromatic rings. The molecule has 7 heteroatoms. The lowest BCUT2D eigenvalue weighted by Crippen LogP contribution is -2.44. The molecular formula is C23H23N5O2. The largest absolute Gasteiger partial charge is 0.377 e. The highest BCUT2D eigenvalue weighted by atomic mass is 16.5. The number of aromatic nitrogens is 3. The Morgan fingerprint density at radius 3 is 2.73 bits per heavy atom. The molecule has 0 spiro atoms. The molecule has 1 aromatic carbocycles. The van der Waals surface area contributed by atoms with Crippen LogP contribution in [-0.4, -0.2) is 45.3 Å². The number of ether oxygens (including phenoxy) is 1. The molecular weight excluding hydrogens is 378 g/mol. The zero-order valence-corrected chi connectivity index (χ0v) is 17.1. The van der Waals surface area contributed by atoms with Crippen LogP contribution in [0.3, 0.4) is 0 Å². The number of morpholine rings is 1. The first-order chi connectivity index (χ1) is 14.6. The number of hydrogen-bond donors (Lipinski definition) is 0. The lowest BCUT2D eigenvalue weighted by Gasteiger charge is -2.35. The van der Waals surface area contributed by atoms with Gasteiger partial charge in [0, 0.05) is 24.0 Å². The Morgan fingerprint density at radius 2 is 2.03 bits per heavy atom. The molecule has 3 heterocycles. The number of aryl methyl sites for hydroxylation is 1. The fraction of sp³-hybridized carbons (Fsp3) is 0.304. The average molecular weight is 401 g/mol. The number of rotatable bonds is 4. The van der Waals surface area contributed by atoms with Crippen LogP contribution in [0.15, 0.2) is 48.7 Å². The summed E-state index contributed by atoms with van der Waals surface area (Å²) in [5.74, 6) is -0.164. The second-order valence-corrected chi connectivity index (χ2v) is 7.36. The van der Waals surface area contributed by atoms with Crippen LogP contribution in [0.5, 0.6) is 0 Å². The van der Waals surface area contributed by atoms with Gasteiger partial charge in [-0.3, -0.25) is 9.48 Å². The van der Waals surface area contributed by atoms with Crippen molar-refractivity contribution >= 4 is 5.91 Å². The molecule has 1 saturated heterocycles. The van der Waals surface area contributed by atoms with E-state index in [4.69, 9.17) is 15.1 Å². The third-order valence-electron chi connectivity index (χ3n) is 5.45. The standard InChI is InChI=1S/C23H23N5O2/c1-16-22(17(2)28(26-16)14-18-6-4-3-5-7-18)21-15-30-11-10-27(21)23(29)20-9-8-19(12-24)13-25-20/h3-9,13,21H,10-11,14-15H2,1-2H3/t21-/m0/s1. The number of hydrogen-bond acceptors (Lipinski definition) is 5. The summed E-state index contributed by atoms with van der Waals surface area (Å²) >= 11 is 0. The first-order valence-electron chi connectivity index (χ1n) is 9.91. The van der Waals surface area contributed by atoms with Crippen LogP contribution in [0.2, 0.25) is 0 Å². The van der Waals surface area contributed by atoms with Crippen LogP contribution in [-0.2, 0) is 11.3 Å². The molecule has 30 heavy (non-hydrogen) atoms. The van der Waals surface area contributed by atoms with E-state index in [1.807, 2.05) is 47.7 Å². The molecule has 0 N–H and O–H groups in total. The van der Waals surface area contributed by atoms with E-state index in [1.165, 1.54) is 11.8 Å². The number of amides is 1. The Labute approximate surface area is 175 Å². The van der Waals surface area contributed by atoms with Gasteiger partial charge < -0.3 is 9.64 Å². The summed E-state index contributed by atoms with van der Waals surface area (Å²) in [7, 11) is 0. The molecule has 152 valence electrons. The topological polar surface area (TPSA) is 84.0 Å². The molecule has 0 unspecified atom stereocenters. The van der Waals surface area contributed by atoms with E-state index < -0.39 is 0 Å². The predicted molar refractivity (Wildman–Crippen MR) is 111 cm³/mol. The van der Waals surface area contributed by atoms with Crippen molar-refractivity contribution in [1.29, 1.82) is 5.26 Å². The van der Waals surface area contributed by atoms with Gasteiger partial charge in [0.1, 0.15) is 11.8 Å². The Kier molecular flexibility index (Phi) is 5.59. The van der Waals surface area contributed by atoms with Crippen molar-refractivity contribution in [2.75, 3.05) is 19.8 Å². The van der Waals surface area contributed by atoms with Gasteiger partial charge in [0.2, 0.25) is 0 Å². The van der Waals surface area contributed by atoms with Crippen LogP contribution in [0.4, 0.5) is 0 Å². The molecule has 0 saturated carbocycles. The fourth-order valence-electron chi connectivity index (χ4n) is 3.92. The third-order valence-corrected chi connectivity index (χ3v) is 5.45. The molecule has 1 fully saturated rings. The first-order valence-corrected chi connectivity index (χ1v) is 9.91. The van der Waals surface area contributed by atoms with E-state index >= 15 is 0 Å². The summed E-state index contributed by atoms with van der Waals surface area (Å²) < 4.78 is 7.72. The lowest BCUT2D eigenvalue weighted by atomic mass is 10.0. The summed E-state index contributed by atoms with van der Waals surface area (Å²) in [5.41, 5.74) is 4.87. The smallest absolute Gasteiger partial charge is 0.273 e. The van der Waals surface area contributed by atoms with Crippen LogP contribution in [0.25, 0.3) is 0 Å². The van der Waals surface area contributed by atoms with Crippen molar-refractivity contribution in [1.82, 2.24) is 19.7 Å². The summed E-state index contributed by atoms with van der Waals surface area (Å²) in [4.78, 5) is 19.2. The number of benzene rings is 1. The Morgan fingerprint density at radius 1 is 1.23 bits per heavy atom.